The summed E-state index contributed by atoms with van der Waals surface area (Å²) in [6.45, 7) is 0. The number of nitrogens with one attached hydrogen (secondary N) is 2. The molecule has 4 heterocycles. The monoisotopic (exact) mass is 556 g/mol. The van der Waals surface area contributed by atoms with Gasteiger partial charge >= 0.3 is 0 Å². The number of hydrogen-bond acceptors (Lipinski definition) is 4. The lowest BCUT2D eigenvalue weighted by molar-refractivity contribution is 0.627. The largest absolute Gasteiger partial charge is 0.277 e. The molecule has 0 bridgehead atoms. The molecule has 0 aliphatic carbocycles. The third kappa shape index (κ3) is 5.52. The molecule has 6 aromatic rings. The number of benzene rings is 2. The normalized spacial score (nSPS) is 10.6. The number of halogens is 3. The van der Waals surface area contributed by atoms with Gasteiger partial charge in [0.1, 0.15) is 21.9 Å². The third-order valence-corrected chi connectivity index (χ3v) is 6.15. The maximum Gasteiger partial charge on any atom is 0.123 e. The summed E-state index contributed by atoms with van der Waals surface area (Å²) in [4.78, 5) is 7.99. The smallest absolute Gasteiger partial charge is 0.123 e. The lowest BCUT2D eigenvalue weighted by atomic mass is 10.0. The summed E-state index contributed by atoms with van der Waals surface area (Å²) in [5.74, 6) is -0.507. The first-order valence-corrected chi connectivity index (χ1v) is 12.0. The third-order valence-electron chi connectivity index (χ3n) is 5.57. The van der Waals surface area contributed by atoms with E-state index in [-0.39, 0.29) is 11.6 Å². The van der Waals surface area contributed by atoms with E-state index in [9.17, 15) is 8.78 Å². The lowest BCUT2D eigenvalue weighted by Crippen LogP contribution is -1.84. The summed E-state index contributed by atoms with van der Waals surface area (Å²) in [7, 11) is 0. The zero-order valence-corrected chi connectivity index (χ0v) is 20.8. The maximum absolute atomic E-state index is 13.0. The highest BCUT2D eigenvalue weighted by molar-refractivity contribution is 9.10. The Hall–Kier alpha value is -4.50. The summed E-state index contributed by atoms with van der Waals surface area (Å²) in [5, 5.41) is 14.2. The average molecular weight is 557 g/mol. The molecule has 37 heavy (non-hydrogen) atoms. The van der Waals surface area contributed by atoms with E-state index in [0.29, 0.717) is 0 Å². The van der Waals surface area contributed by atoms with Crippen molar-refractivity contribution in [2.75, 3.05) is 0 Å². The molecule has 4 aromatic heterocycles. The molecule has 0 aliphatic rings. The van der Waals surface area contributed by atoms with E-state index < -0.39 is 0 Å². The summed E-state index contributed by atoms with van der Waals surface area (Å²) in [6, 6.07) is 20.2. The summed E-state index contributed by atoms with van der Waals surface area (Å²) in [5.41, 5.74) is 7.35. The molecule has 0 fully saturated rings. The molecular weight excluding hydrogens is 538 g/mol. The van der Waals surface area contributed by atoms with Crippen LogP contribution in [0.15, 0.2) is 108 Å². The van der Waals surface area contributed by atoms with Gasteiger partial charge in [-0.1, -0.05) is 0 Å². The fourth-order valence-corrected chi connectivity index (χ4v) is 4.30. The number of pyridine rings is 2. The molecule has 0 aliphatic heterocycles. The van der Waals surface area contributed by atoms with Crippen molar-refractivity contribution in [1.29, 1.82) is 0 Å². The molecule has 6 nitrogen and oxygen atoms in total. The van der Waals surface area contributed by atoms with Crippen LogP contribution in [0.25, 0.3) is 44.8 Å². The number of rotatable bonds is 4. The molecule has 2 N–H and O–H groups in total. The average Bonchev–Trinajstić information content (AvgIpc) is 3.58. The van der Waals surface area contributed by atoms with E-state index >= 15 is 0 Å². The highest BCUT2D eigenvalue weighted by Gasteiger charge is 2.15. The summed E-state index contributed by atoms with van der Waals surface area (Å²) in [6.07, 6.45) is 8.67. The minimum absolute atomic E-state index is 0.247. The van der Waals surface area contributed by atoms with E-state index in [1.54, 1.807) is 55.2 Å². The second-order valence-electron chi connectivity index (χ2n) is 7.91. The Labute approximate surface area is 219 Å². The van der Waals surface area contributed by atoms with Crippen molar-refractivity contribution in [3.63, 3.8) is 0 Å². The van der Waals surface area contributed by atoms with Gasteiger partial charge in [0.2, 0.25) is 0 Å². The Bertz CT molecular complexity index is 1580. The van der Waals surface area contributed by atoms with Crippen LogP contribution in [0.4, 0.5) is 8.78 Å². The van der Waals surface area contributed by atoms with E-state index in [1.807, 2.05) is 24.3 Å². The molecule has 182 valence electrons. The van der Waals surface area contributed by atoms with Crippen LogP contribution in [0.3, 0.4) is 0 Å². The van der Waals surface area contributed by atoms with Crippen molar-refractivity contribution in [3.05, 3.63) is 120 Å². The first-order chi connectivity index (χ1) is 18.1. The SMILES string of the molecule is Fc1ccc(-c2[nH]ncc2-c2ccncc2)cc1.Fc1ccc(-c2n[nH]c(Br)c2-c2ccncc2)cc1. The van der Waals surface area contributed by atoms with E-state index in [0.717, 1.165) is 49.4 Å². The Balaban J connectivity index is 0.000000152. The van der Waals surface area contributed by atoms with Crippen molar-refractivity contribution in [2.24, 2.45) is 0 Å². The van der Waals surface area contributed by atoms with Crippen molar-refractivity contribution in [2.45, 2.75) is 0 Å². The minimum atomic E-state index is -0.260. The molecule has 0 unspecified atom stereocenters. The number of hydrogen-bond donors (Lipinski definition) is 2. The predicted octanol–water partition coefficient (Wildman–Crippen LogP) is 7.32. The molecule has 0 amide bonds. The van der Waals surface area contributed by atoms with Gasteiger partial charge < -0.3 is 0 Å². The van der Waals surface area contributed by atoms with Crippen LogP contribution >= 0.6 is 15.9 Å². The van der Waals surface area contributed by atoms with Crippen LogP contribution in [-0.2, 0) is 0 Å². The maximum atomic E-state index is 13.0. The number of aromatic amines is 2. The van der Waals surface area contributed by atoms with Crippen LogP contribution in [0.5, 0.6) is 0 Å². The fraction of sp³-hybridized carbons (Fsp3) is 0. The summed E-state index contributed by atoms with van der Waals surface area (Å²) >= 11 is 3.45. The minimum Gasteiger partial charge on any atom is -0.277 e. The second kappa shape index (κ2) is 11.0. The van der Waals surface area contributed by atoms with Gasteiger partial charge in [0.25, 0.3) is 0 Å². The predicted molar refractivity (Wildman–Crippen MR) is 142 cm³/mol. The van der Waals surface area contributed by atoms with Gasteiger partial charge in [0.05, 0.1) is 11.9 Å². The van der Waals surface area contributed by atoms with Crippen LogP contribution in [0, 0.1) is 11.6 Å². The first kappa shape index (κ1) is 24.2. The topological polar surface area (TPSA) is 83.1 Å². The molecule has 9 heteroatoms. The van der Waals surface area contributed by atoms with E-state index in [1.165, 1.54) is 24.3 Å². The number of nitrogens with zero attached hydrogens (tertiary/aromatic N) is 4. The number of aromatic nitrogens is 6. The molecule has 0 spiro atoms. The Morgan fingerprint density at radius 2 is 1.14 bits per heavy atom. The Morgan fingerprint density at radius 1 is 0.595 bits per heavy atom. The standard InChI is InChI=1S/C14H9BrFN3.C14H10FN3/c15-14-12(9-5-7-17-8-6-9)13(18-19-14)10-1-3-11(16)4-2-10;15-12-3-1-11(2-4-12)14-13(9-17-18-14)10-5-7-16-8-6-10/h1-8H,(H,18,19);1-9H,(H,17,18). The van der Waals surface area contributed by atoms with Crippen molar-refractivity contribution >= 4 is 15.9 Å². The zero-order valence-electron chi connectivity index (χ0n) is 19.2. The van der Waals surface area contributed by atoms with Crippen molar-refractivity contribution in [3.8, 4) is 44.8 Å². The van der Waals surface area contributed by atoms with E-state index in [4.69, 9.17) is 0 Å². The molecule has 0 saturated carbocycles. The number of H-pyrrole nitrogens is 2. The Morgan fingerprint density at radius 3 is 1.73 bits per heavy atom. The van der Waals surface area contributed by atoms with Gasteiger partial charge in [0, 0.05) is 47.0 Å². The second-order valence-corrected chi connectivity index (χ2v) is 8.70. The zero-order chi connectivity index (χ0) is 25.6. The van der Waals surface area contributed by atoms with Gasteiger partial charge in [0.15, 0.2) is 0 Å². The van der Waals surface area contributed by atoms with Gasteiger partial charge in [-0.3, -0.25) is 20.2 Å². The van der Waals surface area contributed by atoms with Crippen LogP contribution in [0.2, 0.25) is 0 Å². The van der Waals surface area contributed by atoms with E-state index in [2.05, 4.69) is 46.3 Å². The van der Waals surface area contributed by atoms with Gasteiger partial charge in [-0.2, -0.15) is 10.2 Å². The lowest BCUT2D eigenvalue weighted by Gasteiger charge is -2.03. The van der Waals surface area contributed by atoms with Crippen LogP contribution in [0.1, 0.15) is 0 Å². The van der Waals surface area contributed by atoms with Crippen LogP contribution < -0.4 is 0 Å². The van der Waals surface area contributed by atoms with Gasteiger partial charge in [-0.15, -0.1) is 0 Å². The summed E-state index contributed by atoms with van der Waals surface area (Å²) < 4.78 is 26.7. The van der Waals surface area contributed by atoms with Gasteiger partial charge in [-0.25, -0.2) is 8.78 Å². The van der Waals surface area contributed by atoms with Gasteiger partial charge in [-0.05, 0) is 99.9 Å². The molecule has 0 atom stereocenters. The highest BCUT2D eigenvalue weighted by atomic mass is 79.9. The quantitative estimate of drug-likeness (QED) is 0.238. The Kier molecular flexibility index (Phi) is 7.23. The molecule has 0 radical (unpaired) electrons. The van der Waals surface area contributed by atoms with Crippen molar-refractivity contribution in [1.82, 2.24) is 30.4 Å². The molecular formula is C28H19BrF2N6. The highest BCUT2D eigenvalue weighted by Crippen LogP contribution is 2.35. The van der Waals surface area contributed by atoms with Crippen molar-refractivity contribution < 1.29 is 8.78 Å². The van der Waals surface area contributed by atoms with Crippen LogP contribution in [-0.4, -0.2) is 30.4 Å². The molecule has 6 rings (SSSR count). The fourth-order valence-electron chi connectivity index (χ4n) is 3.79. The molecule has 2 aromatic carbocycles. The first-order valence-electron chi connectivity index (χ1n) is 11.2. The molecule has 0 saturated heterocycles.